The number of anilines is 2. The molecule has 0 radical (unpaired) electrons. The fourth-order valence-electron chi connectivity index (χ4n) is 4.23. The van der Waals surface area contributed by atoms with Gasteiger partial charge < -0.3 is 4.74 Å². The minimum Gasteiger partial charge on any atom is -0.493 e. The van der Waals surface area contributed by atoms with Crippen molar-refractivity contribution in [2.45, 2.75) is 43.4 Å². The fourth-order valence-corrected chi connectivity index (χ4v) is 7.00. The zero-order valence-electron chi connectivity index (χ0n) is 19.4. The number of nitrogens with zero attached hydrogens (tertiary/aromatic N) is 1. The predicted molar refractivity (Wildman–Crippen MR) is 134 cm³/mol. The summed E-state index contributed by atoms with van der Waals surface area (Å²) < 4.78 is 62.5. The van der Waals surface area contributed by atoms with E-state index < -0.39 is 20.0 Å². The SMILES string of the molecule is CCOc1c(C)cc(S(=O)(=O)Nc2ccc3c(c2)N(S(=O)(=O)c2ccccc2)CCC3)cc1C. The van der Waals surface area contributed by atoms with Crippen LogP contribution in [0.2, 0.25) is 0 Å². The van der Waals surface area contributed by atoms with Gasteiger partial charge in [-0.25, -0.2) is 16.8 Å². The van der Waals surface area contributed by atoms with Crippen LogP contribution in [0.1, 0.15) is 30.0 Å². The van der Waals surface area contributed by atoms with Gasteiger partial charge in [0.05, 0.1) is 27.8 Å². The van der Waals surface area contributed by atoms with Crippen molar-refractivity contribution in [1.29, 1.82) is 0 Å². The Bertz CT molecular complexity index is 1400. The Hall–Kier alpha value is -3.04. The van der Waals surface area contributed by atoms with Crippen molar-refractivity contribution in [1.82, 2.24) is 0 Å². The first kappa shape index (κ1) is 24.1. The Morgan fingerprint density at radius 3 is 2.24 bits per heavy atom. The van der Waals surface area contributed by atoms with Crippen molar-refractivity contribution in [2.75, 3.05) is 22.2 Å². The number of nitrogens with one attached hydrogen (secondary N) is 1. The van der Waals surface area contributed by atoms with E-state index in [1.165, 1.54) is 4.31 Å². The summed E-state index contributed by atoms with van der Waals surface area (Å²) in [6, 6.07) is 16.5. The highest BCUT2D eigenvalue weighted by Gasteiger charge is 2.29. The van der Waals surface area contributed by atoms with Gasteiger partial charge in [-0.15, -0.1) is 0 Å². The molecule has 0 fully saturated rings. The van der Waals surface area contributed by atoms with E-state index in [1.54, 1.807) is 60.7 Å². The molecule has 0 unspecified atom stereocenters. The zero-order valence-corrected chi connectivity index (χ0v) is 21.0. The molecule has 34 heavy (non-hydrogen) atoms. The molecule has 0 amide bonds. The van der Waals surface area contributed by atoms with Crippen LogP contribution in [0, 0.1) is 13.8 Å². The van der Waals surface area contributed by atoms with E-state index in [2.05, 4.69) is 4.72 Å². The number of benzene rings is 3. The Morgan fingerprint density at radius 1 is 0.912 bits per heavy atom. The standard InChI is InChI=1S/C25H28N2O5S2/c1-4-32-25-18(2)15-23(16-19(25)3)33(28,29)26-21-13-12-20-9-8-14-27(24(20)17-21)34(30,31)22-10-6-5-7-11-22/h5-7,10-13,15-17,26H,4,8-9,14H2,1-3H3. The van der Waals surface area contributed by atoms with Crippen LogP contribution in [0.4, 0.5) is 11.4 Å². The van der Waals surface area contributed by atoms with Crippen LogP contribution in [-0.4, -0.2) is 30.0 Å². The molecule has 3 aromatic carbocycles. The fraction of sp³-hybridized carbons (Fsp3) is 0.280. The molecule has 0 aliphatic carbocycles. The first-order valence-corrected chi connectivity index (χ1v) is 14.0. The Balaban J connectivity index is 1.69. The van der Waals surface area contributed by atoms with Crippen molar-refractivity contribution in [2.24, 2.45) is 0 Å². The monoisotopic (exact) mass is 500 g/mol. The number of hydrogen-bond acceptors (Lipinski definition) is 5. The van der Waals surface area contributed by atoms with E-state index >= 15 is 0 Å². The van der Waals surface area contributed by atoms with Crippen LogP contribution in [0.5, 0.6) is 5.75 Å². The molecular weight excluding hydrogens is 472 g/mol. The molecule has 1 N–H and O–H groups in total. The van der Waals surface area contributed by atoms with Gasteiger partial charge in [0.2, 0.25) is 0 Å². The number of ether oxygens (including phenoxy) is 1. The third kappa shape index (κ3) is 4.63. The van der Waals surface area contributed by atoms with Gasteiger partial charge in [0.15, 0.2) is 0 Å². The van der Waals surface area contributed by atoms with Crippen LogP contribution >= 0.6 is 0 Å². The van der Waals surface area contributed by atoms with Crippen molar-refractivity contribution in [3.8, 4) is 5.75 Å². The van der Waals surface area contributed by atoms with Crippen LogP contribution < -0.4 is 13.8 Å². The van der Waals surface area contributed by atoms with Crippen LogP contribution in [0.3, 0.4) is 0 Å². The second-order valence-corrected chi connectivity index (χ2v) is 11.8. The van der Waals surface area contributed by atoms with Gasteiger partial charge in [0, 0.05) is 6.54 Å². The molecule has 1 aliphatic rings. The molecule has 1 aliphatic heterocycles. The van der Waals surface area contributed by atoms with Gasteiger partial charge in [-0.1, -0.05) is 24.3 Å². The molecule has 0 atom stereocenters. The lowest BCUT2D eigenvalue weighted by molar-refractivity contribution is 0.335. The Morgan fingerprint density at radius 2 is 1.59 bits per heavy atom. The first-order valence-electron chi connectivity index (χ1n) is 11.1. The number of sulfonamides is 2. The zero-order chi connectivity index (χ0) is 24.5. The highest BCUT2D eigenvalue weighted by atomic mass is 32.2. The molecule has 0 saturated heterocycles. The lowest BCUT2D eigenvalue weighted by Gasteiger charge is -2.31. The summed E-state index contributed by atoms with van der Waals surface area (Å²) in [6.45, 7) is 6.31. The van der Waals surface area contributed by atoms with Crippen molar-refractivity contribution in [3.05, 3.63) is 77.4 Å². The molecule has 0 saturated carbocycles. The van der Waals surface area contributed by atoms with Crippen molar-refractivity contribution < 1.29 is 21.6 Å². The minimum absolute atomic E-state index is 0.123. The molecule has 4 rings (SSSR count). The molecule has 1 heterocycles. The average Bonchev–Trinajstić information content (AvgIpc) is 2.81. The van der Waals surface area contributed by atoms with Crippen molar-refractivity contribution >= 4 is 31.4 Å². The van der Waals surface area contributed by atoms with Crippen LogP contribution in [0.15, 0.2) is 70.5 Å². The van der Waals surface area contributed by atoms with Gasteiger partial charge >= 0.3 is 0 Å². The summed E-state index contributed by atoms with van der Waals surface area (Å²) in [5, 5.41) is 0. The predicted octanol–water partition coefficient (Wildman–Crippen LogP) is 4.64. The summed E-state index contributed by atoms with van der Waals surface area (Å²) >= 11 is 0. The maximum atomic E-state index is 13.3. The van der Waals surface area contributed by atoms with Crippen LogP contribution in [-0.2, 0) is 26.5 Å². The molecule has 9 heteroatoms. The smallest absolute Gasteiger partial charge is 0.264 e. The molecule has 0 spiro atoms. The Kier molecular flexibility index (Phi) is 6.60. The summed E-state index contributed by atoms with van der Waals surface area (Å²) in [6.07, 6.45) is 1.41. The quantitative estimate of drug-likeness (QED) is 0.510. The maximum Gasteiger partial charge on any atom is 0.264 e. The molecular formula is C25H28N2O5S2. The number of rotatable bonds is 7. The van der Waals surface area contributed by atoms with Gasteiger partial charge in [-0.05, 0) is 86.7 Å². The highest BCUT2D eigenvalue weighted by Crippen LogP contribution is 2.35. The van der Waals surface area contributed by atoms with E-state index in [-0.39, 0.29) is 9.79 Å². The highest BCUT2D eigenvalue weighted by molar-refractivity contribution is 7.93. The summed E-state index contributed by atoms with van der Waals surface area (Å²) in [7, 11) is -7.66. The largest absolute Gasteiger partial charge is 0.493 e. The molecule has 7 nitrogen and oxygen atoms in total. The third-order valence-electron chi connectivity index (χ3n) is 5.78. The Labute approximate surface area is 201 Å². The van der Waals surface area contributed by atoms with Gasteiger partial charge in [0.25, 0.3) is 20.0 Å². The lowest BCUT2D eigenvalue weighted by atomic mass is 10.0. The second-order valence-electron chi connectivity index (χ2n) is 8.26. The van der Waals surface area contributed by atoms with E-state index in [0.29, 0.717) is 36.7 Å². The van der Waals surface area contributed by atoms with Crippen LogP contribution in [0.25, 0.3) is 0 Å². The van der Waals surface area contributed by atoms with E-state index in [0.717, 1.165) is 23.1 Å². The normalized spacial score (nSPS) is 13.9. The molecule has 0 aromatic heterocycles. The summed E-state index contributed by atoms with van der Waals surface area (Å²) in [5.41, 5.74) is 3.12. The van der Waals surface area contributed by atoms with Crippen molar-refractivity contribution in [3.63, 3.8) is 0 Å². The van der Waals surface area contributed by atoms with Gasteiger partial charge in [0.1, 0.15) is 5.75 Å². The third-order valence-corrected chi connectivity index (χ3v) is 8.97. The molecule has 0 bridgehead atoms. The molecule has 180 valence electrons. The maximum absolute atomic E-state index is 13.3. The minimum atomic E-state index is -3.90. The van der Waals surface area contributed by atoms with E-state index in [4.69, 9.17) is 4.74 Å². The van der Waals surface area contributed by atoms with Gasteiger partial charge in [-0.3, -0.25) is 9.03 Å². The number of hydrogen-bond donors (Lipinski definition) is 1. The van der Waals surface area contributed by atoms with E-state index in [1.807, 2.05) is 20.8 Å². The lowest BCUT2D eigenvalue weighted by Crippen LogP contribution is -2.35. The molecule has 3 aromatic rings. The average molecular weight is 501 g/mol. The van der Waals surface area contributed by atoms with Gasteiger partial charge in [-0.2, -0.15) is 0 Å². The topological polar surface area (TPSA) is 92.8 Å². The first-order chi connectivity index (χ1) is 16.1. The second kappa shape index (κ2) is 9.31. The number of fused-ring (bicyclic) bond motifs is 1. The van der Waals surface area contributed by atoms with E-state index in [9.17, 15) is 16.8 Å². The number of aryl methyl sites for hydroxylation is 3. The summed E-state index contributed by atoms with van der Waals surface area (Å²) in [5.74, 6) is 0.678. The summed E-state index contributed by atoms with van der Waals surface area (Å²) in [4.78, 5) is 0.326.